The molecule has 2 aromatic carbocycles. The van der Waals surface area contributed by atoms with Crippen LogP contribution in [0.25, 0.3) is 28.2 Å². The molecule has 6 nitrogen and oxygen atoms in total. The highest BCUT2D eigenvalue weighted by Gasteiger charge is 2.22. The Morgan fingerprint density at radius 3 is 2.29 bits per heavy atom. The van der Waals surface area contributed by atoms with Crippen LogP contribution >= 0.6 is 0 Å². The normalized spacial score (nSPS) is 14.0. The lowest BCUT2D eigenvalue weighted by Crippen LogP contribution is -2.57. The molecule has 0 saturated carbocycles. The van der Waals surface area contributed by atoms with Gasteiger partial charge in [0.05, 0.1) is 17.4 Å². The van der Waals surface area contributed by atoms with Gasteiger partial charge in [0.15, 0.2) is 11.3 Å². The molecule has 1 aliphatic rings. The van der Waals surface area contributed by atoms with Crippen molar-refractivity contribution in [1.82, 2.24) is 25.2 Å². The summed E-state index contributed by atoms with van der Waals surface area (Å²) in [7, 11) is 0. The van der Waals surface area contributed by atoms with Crippen LogP contribution in [-0.2, 0) is 0 Å². The van der Waals surface area contributed by atoms with E-state index in [1.165, 1.54) is 0 Å². The average Bonchev–Trinajstić information content (AvgIpc) is 3.15. The van der Waals surface area contributed by atoms with Gasteiger partial charge in [0.2, 0.25) is 0 Å². The molecular weight excluding hydrogens is 350 g/mol. The van der Waals surface area contributed by atoms with Crippen molar-refractivity contribution in [3.8, 4) is 22.5 Å². The number of rotatable bonds is 4. The molecule has 6 heteroatoms. The van der Waals surface area contributed by atoms with Crippen molar-refractivity contribution in [3.63, 3.8) is 0 Å². The number of nitrogens with zero attached hydrogens (tertiary/aromatic N) is 3. The molecule has 0 radical (unpaired) electrons. The number of carbonyl (C=O) groups excluding carboxylic acids is 1. The van der Waals surface area contributed by atoms with Crippen LogP contribution in [0.5, 0.6) is 0 Å². The first-order valence-corrected chi connectivity index (χ1v) is 9.31. The molecule has 2 aromatic heterocycles. The molecule has 0 spiro atoms. The van der Waals surface area contributed by atoms with Gasteiger partial charge in [0.25, 0.3) is 5.91 Å². The molecule has 4 aromatic rings. The Morgan fingerprint density at radius 2 is 1.64 bits per heavy atom. The van der Waals surface area contributed by atoms with Crippen molar-refractivity contribution >= 4 is 11.6 Å². The summed E-state index contributed by atoms with van der Waals surface area (Å²) in [6.07, 6.45) is 0. The third-order valence-corrected chi connectivity index (χ3v) is 4.92. The lowest BCUT2D eigenvalue weighted by atomic mass is 10.1. The number of amides is 1. The van der Waals surface area contributed by atoms with Crippen LogP contribution in [-0.4, -0.2) is 39.6 Å². The van der Waals surface area contributed by atoms with Crippen LogP contribution in [0.2, 0.25) is 0 Å². The van der Waals surface area contributed by atoms with Crippen LogP contribution in [0.3, 0.4) is 0 Å². The van der Waals surface area contributed by atoms with Gasteiger partial charge in [-0.15, -0.1) is 0 Å². The second-order valence-electron chi connectivity index (χ2n) is 6.89. The molecule has 1 fully saturated rings. The van der Waals surface area contributed by atoms with Gasteiger partial charge in [-0.2, -0.15) is 5.10 Å². The minimum Gasteiger partial charge on any atom is -0.345 e. The van der Waals surface area contributed by atoms with E-state index in [2.05, 4.69) is 15.7 Å². The molecule has 138 valence electrons. The fourth-order valence-corrected chi connectivity index (χ4v) is 3.31. The maximum atomic E-state index is 12.6. The molecule has 1 saturated heterocycles. The molecule has 1 aliphatic heterocycles. The number of nitrogens with one attached hydrogen (secondary N) is 2. The Morgan fingerprint density at radius 1 is 0.964 bits per heavy atom. The maximum Gasteiger partial charge on any atom is 0.272 e. The fourth-order valence-electron chi connectivity index (χ4n) is 3.31. The van der Waals surface area contributed by atoms with E-state index in [0.29, 0.717) is 11.3 Å². The summed E-state index contributed by atoms with van der Waals surface area (Å²) in [5.74, 6) is -0.169. The lowest BCUT2D eigenvalue weighted by molar-refractivity contribution is 0.0918. The molecule has 28 heavy (non-hydrogen) atoms. The third kappa shape index (κ3) is 3.04. The largest absolute Gasteiger partial charge is 0.345 e. The first-order chi connectivity index (χ1) is 13.8. The van der Waals surface area contributed by atoms with Crippen molar-refractivity contribution in [2.24, 2.45) is 0 Å². The number of hydrogen-bond donors (Lipinski definition) is 2. The van der Waals surface area contributed by atoms with Gasteiger partial charge in [-0.3, -0.25) is 4.79 Å². The average molecular weight is 369 g/mol. The summed E-state index contributed by atoms with van der Waals surface area (Å²) in [4.78, 5) is 17.3. The predicted molar refractivity (Wildman–Crippen MR) is 108 cm³/mol. The topological polar surface area (TPSA) is 71.3 Å². The van der Waals surface area contributed by atoms with E-state index in [1.807, 2.05) is 66.7 Å². The zero-order valence-corrected chi connectivity index (χ0v) is 15.2. The number of hydrogen-bond acceptors (Lipinski definition) is 4. The van der Waals surface area contributed by atoms with Gasteiger partial charge in [-0.05, 0) is 6.07 Å². The quantitative estimate of drug-likeness (QED) is 0.580. The Balaban J connectivity index is 1.64. The molecule has 3 heterocycles. The van der Waals surface area contributed by atoms with Crippen molar-refractivity contribution < 1.29 is 4.79 Å². The minimum absolute atomic E-state index is 0.166. The van der Waals surface area contributed by atoms with Crippen LogP contribution in [0.4, 0.5) is 0 Å². The van der Waals surface area contributed by atoms with Crippen LogP contribution < -0.4 is 10.6 Å². The van der Waals surface area contributed by atoms with E-state index >= 15 is 0 Å². The van der Waals surface area contributed by atoms with E-state index < -0.39 is 0 Å². The fraction of sp³-hybridized carbons (Fsp3) is 0.136. The number of benzene rings is 2. The number of aromatic nitrogens is 3. The molecule has 0 aliphatic carbocycles. The Kier molecular flexibility index (Phi) is 4.10. The van der Waals surface area contributed by atoms with Gasteiger partial charge in [-0.1, -0.05) is 60.7 Å². The summed E-state index contributed by atoms with van der Waals surface area (Å²) < 4.78 is 1.75. The number of carbonyl (C=O) groups is 1. The highest BCUT2D eigenvalue weighted by Crippen LogP contribution is 2.26. The summed E-state index contributed by atoms with van der Waals surface area (Å²) in [6.45, 7) is 1.59. The van der Waals surface area contributed by atoms with E-state index in [1.54, 1.807) is 10.6 Å². The van der Waals surface area contributed by atoms with E-state index in [-0.39, 0.29) is 11.9 Å². The first kappa shape index (κ1) is 16.6. The van der Waals surface area contributed by atoms with Gasteiger partial charge in [-0.25, -0.2) is 9.50 Å². The van der Waals surface area contributed by atoms with Gasteiger partial charge >= 0.3 is 0 Å². The van der Waals surface area contributed by atoms with Crippen molar-refractivity contribution in [2.45, 2.75) is 6.04 Å². The molecule has 5 rings (SSSR count). The summed E-state index contributed by atoms with van der Waals surface area (Å²) in [5.41, 5.74) is 4.81. The summed E-state index contributed by atoms with van der Waals surface area (Å²) in [6, 6.07) is 24.0. The van der Waals surface area contributed by atoms with Crippen molar-refractivity contribution in [2.75, 3.05) is 13.1 Å². The Bertz CT molecular complexity index is 1130. The Labute approximate surface area is 162 Å². The second-order valence-corrected chi connectivity index (χ2v) is 6.89. The highest BCUT2D eigenvalue weighted by atomic mass is 16.2. The molecule has 0 atom stereocenters. The van der Waals surface area contributed by atoms with Crippen LogP contribution in [0.15, 0.2) is 72.8 Å². The number of fused-ring (bicyclic) bond motifs is 1. The molecule has 1 amide bonds. The van der Waals surface area contributed by atoms with Crippen LogP contribution in [0, 0.1) is 0 Å². The molecule has 0 bridgehead atoms. The minimum atomic E-state index is -0.169. The van der Waals surface area contributed by atoms with E-state index in [4.69, 9.17) is 4.98 Å². The Hall–Kier alpha value is -3.51. The molecular formula is C22H19N5O. The van der Waals surface area contributed by atoms with Gasteiger partial charge in [0, 0.05) is 30.3 Å². The monoisotopic (exact) mass is 369 g/mol. The zero-order chi connectivity index (χ0) is 18.9. The van der Waals surface area contributed by atoms with Crippen molar-refractivity contribution in [3.05, 3.63) is 78.5 Å². The smallest absolute Gasteiger partial charge is 0.272 e. The zero-order valence-electron chi connectivity index (χ0n) is 15.2. The van der Waals surface area contributed by atoms with E-state index in [0.717, 1.165) is 35.6 Å². The summed E-state index contributed by atoms with van der Waals surface area (Å²) in [5, 5.41) is 10.7. The predicted octanol–water partition coefficient (Wildman–Crippen LogP) is 2.76. The molecule has 2 N–H and O–H groups in total. The standard InChI is InChI=1S/C22H19N5O/c28-22(24-17-13-23-14-17)19-12-21-25-18(15-7-3-1-4-8-15)11-20(27(21)26-19)16-9-5-2-6-10-16/h1-12,17,23H,13-14H2,(H,24,28). The van der Waals surface area contributed by atoms with Gasteiger partial charge in [0.1, 0.15) is 0 Å². The van der Waals surface area contributed by atoms with E-state index in [9.17, 15) is 4.79 Å². The highest BCUT2D eigenvalue weighted by molar-refractivity contribution is 5.94. The first-order valence-electron chi connectivity index (χ1n) is 9.31. The van der Waals surface area contributed by atoms with Crippen molar-refractivity contribution in [1.29, 1.82) is 0 Å². The second kappa shape index (κ2) is 6.90. The lowest BCUT2D eigenvalue weighted by Gasteiger charge is -2.27. The third-order valence-electron chi connectivity index (χ3n) is 4.92. The van der Waals surface area contributed by atoms with Gasteiger partial charge < -0.3 is 10.6 Å². The molecule has 0 unspecified atom stereocenters. The SMILES string of the molecule is O=C(NC1CNC1)c1cc2nc(-c3ccccc3)cc(-c3ccccc3)n2n1. The summed E-state index contributed by atoms with van der Waals surface area (Å²) >= 11 is 0. The van der Waals surface area contributed by atoms with Crippen LogP contribution in [0.1, 0.15) is 10.5 Å². The maximum absolute atomic E-state index is 12.6.